The van der Waals surface area contributed by atoms with E-state index in [2.05, 4.69) is 45.2 Å². The Morgan fingerprint density at radius 2 is 2.03 bits per heavy atom. The minimum Gasteiger partial charge on any atom is -0.593 e. The Labute approximate surface area is 222 Å². The fraction of sp³-hybridized carbons (Fsp3) is 0.370. The number of rotatable bonds is 5. The predicted molar refractivity (Wildman–Crippen MR) is 140 cm³/mol. The molecule has 1 saturated heterocycles. The highest BCUT2D eigenvalue weighted by Crippen LogP contribution is 2.33. The molecule has 38 heavy (non-hydrogen) atoms. The van der Waals surface area contributed by atoms with Gasteiger partial charge >= 0.3 is 0 Å². The lowest BCUT2D eigenvalue weighted by Crippen LogP contribution is -2.50. The van der Waals surface area contributed by atoms with E-state index in [4.69, 9.17) is 4.74 Å². The Morgan fingerprint density at radius 3 is 2.87 bits per heavy atom. The summed E-state index contributed by atoms with van der Waals surface area (Å²) in [5.41, 5.74) is 5.55. The number of ether oxygens (including phenoxy) is 1. The summed E-state index contributed by atoms with van der Waals surface area (Å²) in [6, 6.07) is 12.0. The lowest BCUT2D eigenvalue weighted by Gasteiger charge is -2.35. The van der Waals surface area contributed by atoms with Crippen molar-refractivity contribution in [2.45, 2.75) is 44.2 Å². The number of aromatic nitrogens is 4. The van der Waals surface area contributed by atoms with Crippen LogP contribution in [0.25, 0.3) is 5.65 Å². The summed E-state index contributed by atoms with van der Waals surface area (Å²) in [7, 11) is 0. The molecule has 4 aromatic rings. The van der Waals surface area contributed by atoms with Gasteiger partial charge < -0.3 is 14.2 Å². The second-order valence-corrected chi connectivity index (χ2v) is 11.2. The average Bonchev–Trinajstić information content (AvgIpc) is 3.32. The van der Waals surface area contributed by atoms with Crippen molar-refractivity contribution in [1.82, 2.24) is 23.9 Å². The molecule has 2 aliphatic heterocycles. The number of pyridine rings is 2. The molecule has 0 spiro atoms. The molecule has 0 bridgehead atoms. The molecule has 0 aliphatic carbocycles. The lowest BCUT2D eigenvalue weighted by molar-refractivity contribution is 0.0878. The number of aryl methyl sites for hydroxylation is 2. The van der Waals surface area contributed by atoms with E-state index in [9.17, 15) is 13.3 Å². The molecule has 5 heterocycles. The standard InChI is InChI=1S/C27H28F2N6O2S/c1-17-5-6-19(12-20-7-9-35-25(18(20)2)31-32-27(35)24(28)29)13-21(17)14-33-15-22-16-37-11-10-34(22)26-23(38(33)36)4-3-8-30-26/h3-9,13,22,24H,10-12,14-16H2,1-2H3. The van der Waals surface area contributed by atoms with Crippen molar-refractivity contribution in [1.29, 1.82) is 0 Å². The van der Waals surface area contributed by atoms with Crippen molar-refractivity contribution < 1.29 is 18.1 Å². The number of alkyl halides is 2. The molecule has 11 heteroatoms. The van der Waals surface area contributed by atoms with Gasteiger partial charge in [-0.1, -0.05) is 18.2 Å². The number of benzene rings is 1. The molecule has 2 unspecified atom stereocenters. The first kappa shape index (κ1) is 25.2. The van der Waals surface area contributed by atoms with Crippen molar-refractivity contribution in [3.05, 3.63) is 82.4 Å². The van der Waals surface area contributed by atoms with Crippen molar-refractivity contribution in [3.8, 4) is 0 Å². The third kappa shape index (κ3) is 4.53. The van der Waals surface area contributed by atoms with Gasteiger partial charge in [0, 0.05) is 25.0 Å². The molecule has 1 fully saturated rings. The Morgan fingerprint density at radius 1 is 1.16 bits per heavy atom. The zero-order valence-corrected chi connectivity index (χ0v) is 22.0. The lowest BCUT2D eigenvalue weighted by atomic mass is 9.98. The third-order valence-electron chi connectivity index (χ3n) is 7.40. The molecule has 0 amide bonds. The van der Waals surface area contributed by atoms with Crippen LogP contribution >= 0.6 is 0 Å². The van der Waals surface area contributed by atoms with Gasteiger partial charge in [0.25, 0.3) is 6.43 Å². The number of hydrogen-bond acceptors (Lipinski definition) is 7. The molecule has 198 valence electrons. The normalized spacial score (nSPS) is 20.0. The van der Waals surface area contributed by atoms with Gasteiger partial charge in [-0.3, -0.25) is 4.40 Å². The summed E-state index contributed by atoms with van der Waals surface area (Å²) in [5, 5.41) is 7.66. The zero-order valence-electron chi connectivity index (χ0n) is 21.2. The smallest absolute Gasteiger partial charge is 0.297 e. The van der Waals surface area contributed by atoms with Gasteiger partial charge in [0.05, 0.1) is 43.7 Å². The van der Waals surface area contributed by atoms with E-state index >= 15 is 0 Å². The fourth-order valence-corrected chi connectivity index (χ4v) is 6.64. The zero-order chi connectivity index (χ0) is 26.4. The molecule has 6 rings (SSSR count). The molecule has 2 atom stereocenters. The monoisotopic (exact) mass is 538 g/mol. The van der Waals surface area contributed by atoms with Gasteiger partial charge in [-0.15, -0.1) is 14.5 Å². The molecule has 1 aromatic carbocycles. The summed E-state index contributed by atoms with van der Waals surface area (Å²) in [6.45, 7) is 6.98. The molecule has 3 aromatic heterocycles. The summed E-state index contributed by atoms with van der Waals surface area (Å²) in [6.07, 6.45) is 1.29. The van der Waals surface area contributed by atoms with Crippen molar-refractivity contribution in [2.75, 3.05) is 31.2 Å². The third-order valence-corrected chi connectivity index (χ3v) is 8.84. The summed E-state index contributed by atoms with van der Waals surface area (Å²) >= 11 is -1.37. The Hall–Kier alpha value is -3.12. The molecule has 0 radical (unpaired) electrons. The first-order chi connectivity index (χ1) is 18.4. The van der Waals surface area contributed by atoms with Crippen LogP contribution in [0.5, 0.6) is 0 Å². The number of fused-ring (bicyclic) bond motifs is 4. The van der Waals surface area contributed by atoms with Crippen LogP contribution in [0.3, 0.4) is 0 Å². The van der Waals surface area contributed by atoms with Crippen LogP contribution in [-0.4, -0.2) is 60.8 Å². The Balaban J connectivity index is 1.28. The summed E-state index contributed by atoms with van der Waals surface area (Å²) < 4.78 is 49.4. The predicted octanol–water partition coefficient (Wildman–Crippen LogP) is 4.01. The maximum absolute atomic E-state index is 13.8. The Kier molecular flexibility index (Phi) is 6.77. The van der Waals surface area contributed by atoms with Crippen molar-refractivity contribution in [3.63, 3.8) is 0 Å². The van der Waals surface area contributed by atoms with Crippen LogP contribution < -0.4 is 4.90 Å². The number of hydrogen-bond donors (Lipinski definition) is 0. The largest absolute Gasteiger partial charge is 0.593 e. The van der Waals surface area contributed by atoms with Crippen LogP contribution in [0, 0.1) is 13.8 Å². The highest BCUT2D eigenvalue weighted by molar-refractivity contribution is 7.89. The van der Waals surface area contributed by atoms with Gasteiger partial charge in [0.2, 0.25) is 10.7 Å². The quantitative estimate of drug-likeness (QED) is 0.355. The van der Waals surface area contributed by atoms with Gasteiger partial charge in [0.15, 0.2) is 11.5 Å². The van der Waals surface area contributed by atoms with Crippen LogP contribution in [0.2, 0.25) is 0 Å². The maximum atomic E-state index is 13.8. The van der Waals surface area contributed by atoms with Crippen LogP contribution in [0.15, 0.2) is 53.7 Å². The molecular weight excluding hydrogens is 510 g/mol. The molecular formula is C27H28F2N6O2S. The SMILES string of the molecule is Cc1ccc(Cc2ccn3c(C(F)F)nnc3c2C)cc1CN1CC2COCCN2c2ncccc2[S+]1[O-]. The van der Waals surface area contributed by atoms with Crippen LogP contribution in [0.4, 0.5) is 14.6 Å². The van der Waals surface area contributed by atoms with Gasteiger partial charge in [-0.05, 0) is 60.2 Å². The van der Waals surface area contributed by atoms with Crippen molar-refractivity contribution in [2.24, 2.45) is 0 Å². The minimum atomic E-state index is -2.69. The molecule has 2 aliphatic rings. The topological polar surface area (TPSA) is 81.8 Å². The molecule has 0 N–H and O–H groups in total. The molecule has 8 nitrogen and oxygen atoms in total. The first-order valence-electron chi connectivity index (χ1n) is 12.6. The molecule has 0 saturated carbocycles. The average molecular weight is 539 g/mol. The van der Waals surface area contributed by atoms with Crippen LogP contribution in [0.1, 0.15) is 40.1 Å². The number of morpholine rings is 1. The summed E-state index contributed by atoms with van der Waals surface area (Å²) in [5.74, 6) is 0.429. The second-order valence-electron chi connectivity index (χ2n) is 9.78. The highest BCUT2D eigenvalue weighted by Gasteiger charge is 2.39. The Bertz CT molecular complexity index is 1480. The van der Waals surface area contributed by atoms with Gasteiger partial charge in [-0.2, -0.15) is 0 Å². The number of nitrogens with zero attached hydrogens (tertiary/aromatic N) is 6. The van der Waals surface area contributed by atoms with E-state index in [0.717, 1.165) is 45.1 Å². The minimum absolute atomic E-state index is 0.0722. The maximum Gasteiger partial charge on any atom is 0.297 e. The van der Waals surface area contributed by atoms with E-state index in [-0.39, 0.29) is 11.9 Å². The summed E-state index contributed by atoms with van der Waals surface area (Å²) in [4.78, 5) is 7.53. The fourth-order valence-electron chi connectivity index (χ4n) is 5.28. The highest BCUT2D eigenvalue weighted by atomic mass is 32.2. The van der Waals surface area contributed by atoms with Crippen LogP contribution in [-0.2, 0) is 29.1 Å². The van der Waals surface area contributed by atoms with E-state index in [0.29, 0.717) is 38.4 Å². The number of halogens is 2. The second kappa shape index (κ2) is 10.2. The first-order valence-corrected chi connectivity index (χ1v) is 13.7. The van der Waals surface area contributed by atoms with Gasteiger partial charge in [0.1, 0.15) is 0 Å². The van der Waals surface area contributed by atoms with Gasteiger partial charge in [-0.25, -0.2) is 13.8 Å². The van der Waals surface area contributed by atoms with E-state index in [1.807, 2.05) is 29.4 Å². The van der Waals surface area contributed by atoms with E-state index in [1.54, 1.807) is 12.4 Å². The number of anilines is 1. The van der Waals surface area contributed by atoms with E-state index in [1.165, 1.54) is 4.40 Å². The van der Waals surface area contributed by atoms with Crippen molar-refractivity contribution >= 4 is 22.8 Å². The van der Waals surface area contributed by atoms with E-state index < -0.39 is 17.8 Å².